The van der Waals surface area contributed by atoms with Crippen molar-refractivity contribution < 1.29 is 0 Å². The molecule has 0 aliphatic carbocycles. The van der Waals surface area contributed by atoms with Gasteiger partial charge in [-0.15, -0.1) is 0 Å². The molecule has 76 valence electrons. The van der Waals surface area contributed by atoms with E-state index in [0.29, 0.717) is 0 Å². The van der Waals surface area contributed by atoms with E-state index in [0.717, 1.165) is 10.1 Å². The highest BCUT2D eigenvalue weighted by Crippen LogP contribution is 2.14. The number of thiocarbonyl (C=S) groups is 1. The Hall–Kier alpha value is -1.20. The Kier molecular flexibility index (Phi) is 3.47. The van der Waals surface area contributed by atoms with Gasteiger partial charge in [0.15, 0.2) is 4.32 Å². The Balaban J connectivity index is 1.92. The minimum Gasteiger partial charge on any atom is -0.223 e. The quantitative estimate of drug-likeness (QED) is 0.748. The zero-order chi connectivity index (χ0) is 10.5. The molecule has 5 heteroatoms. The maximum Gasteiger partial charge on any atom is 0.163 e. The molecule has 15 heavy (non-hydrogen) atoms. The molecule has 2 rings (SSSR count). The van der Waals surface area contributed by atoms with Crippen LogP contribution < -0.4 is 0 Å². The fourth-order valence-electron chi connectivity index (χ4n) is 1.09. The number of thioether (sulfide) groups is 1. The average molecular weight is 235 g/mol. The van der Waals surface area contributed by atoms with Crippen LogP contribution in [0.4, 0.5) is 0 Å². The van der Waals surface area contributed by atoms with Crippen molar-refractivity contribution >= 4 is 28.3 Å². The molecule has 0 saturated carbocycles. The zero-order valence-electron chi connectivity index (χ0n) is 7.91. The first-order valence-corrected chi connectivity index (χ1v) is 5.81. The first-order chi connectivity index (χ1) is 7.36. The van der Waals surface area contributed by atoms with E-state index in [1.165, 1.54) is 11.9 Å². The molecule has 0 aliphatic heterocycles. The number of hydrogen-bond acceptors (Lipinski definition) is 4. The SMILES string of the molecule is S=C(SCc1ccccc1)n1cncn1. The fourth-order valence-corrected chi connectivity index (χ4v) is 2.07. The average Bonchev–Trinajstić information content (AvgIpc) is 2.81. The second-order valence-electron chi connectivity index (χ2n) is 2.88. The maximum absolute atomic E-state index is 5.20. The van der Waals surface area contributed by atoms with Gasteiger partial charge in [0, 0.05) is 5.75 Å². The molecule has 1 aromatic carbocycles. The summed E-state index contributed by atoms with van der Waals surface area (Å²) in [4.78, 5) is 3.85. The Morgan fingerprint density at radius 2 is 2.13 bits per heavy atom. The van der Waals surface area contributed by atoms with Crippen LogP contribution in [0.15, 0.2) is 43.0 Å². The molecule has 0 N–H and O–H groups in total. The number of aromatic nitrogens is 3. The number of nitrogens with zero attached hydrogens (tertiary/aromatic N) is 3. The van der Waals surface area contributed by atoms with Gasteiger partial charge in [-0.25, -0.2) is 9.67 Å². The molecule has 3 nitrogen and oxygen atoms in total. The van der Waals surface area contributed by atoms with Crippen molar-refractivity contribution in [3.63, 3.8) is 0 Å². The van der Waals surface area contributed by atoms with Gasteiger partial charge in [-0.3, -0.25) is 0 Å². The second kappa shape index (κ2) is 5.04. The minimum atomic E-state index is 0.719. The van der Waals surface area contributed by atoms with Gasteiger partial charge in [-0.1, -0.05) is 54.3 Å². The van der Waals surface area contributed by atoms with E-state index in [1.807, 2.05) is 18.2 Å². The molecule has 0 atom stereocenters. The van der Waals surface area contributed by atoms with Crippen molar-refractivity contribution in [2.75, 3.05) is 0 Å². The molecule has 0 unspecified atom stereocenters. The van der Waals surface area contributed by atoms with E-state index in [1.54, 1.807) is 22.8 Å². The lowest BCUT2D eigenvalue weighted by Crippen LogP contribution is -2.05. The summed E-state index contributed by atoms with van der Waals surface area (Å²) < 4.78 is 2.32. The molecule has 0 saturated heterocycles. The van der Waals surface area contributed by atoms with Crippen LogP contribution in [0.1, 0.15) is 5.56 Å². The first-order valence-electron chi connectivity index (χ1n) is 4.42. The van der Waals surface area contributed by atoms with E-state index < -0.39 is 0 Å². The molecule has 0 radical (unpaired) electrons. The van der Waals surface area contributed by atoms with Crippen LogP contribution >= 0.6 is 24.0 Å². The van der Waals surface area contributed by atoms with Gasteiger partial charge in [-0.2, -0.15) is 5.10 Å². The molecule has 0 spiro atoms. The Morgan fingerprint density at radius 3 is 2.80 bits per heavy atom. The summed E-state index contributed by atoms with van der Waals surface area (Å²) in [5, 5.41) is 3.97. The lowest BCUT2D eigenvalue weighted by Gasteiger charge is -2.02. The molecule has 0 aliphatic rings. The minimum absolute atomic E-state index is 0.719. The van der Waals surface area contributed by atoms with Gasteiger partial charge in [0.1, 0.15) is 12.7 Å². The van der Waals surface area contributed by atoms with Crippen molar-refractivity contribution in [3.8, 4) is 0 Å². The highest BCUT2D eigenvalue weighted by atomic mass is 32.2. The van der Waals surface area contributed by atoms with Crippen LogP contribution in [-0.4, -0.2) is 19.1 Å². The highest BCUT2D eigenvalue weighted by Gasteiger charge is 2.01. The second-order valence-corrected chi connectivity index (χ2v) is 4.49. The topological polar surface area (TPSA) is 30.7 Å². The predicted octanol–water partition coefficient (Wildman–Crippen LogP) is 2.34. The van der Waals surface area contributed by atoms with Gasteiger partial charge >= 0.3 is 0 Å². The van der Waals surface area contributed by atoms with Crippen molar-refractivity contribution in [3.05, 3.63) is 48.5 Å². The summed E-state index contributed by atoms with van der Waals surface area (Å²) in [6, 6.07) is 10.2. The Morgan fingerprint density at radius 1 is 1.33 bits per heavy atom. The summed E-state index contributed by atoms with van der Waals surface area (Å²) in [5.41, 5.74) is 1.25. The monoisotopic (exact) mass is 235 g/mol. The zero-order valence-corrected chi connectivity index (χ0v) is 9.54. The van der Waals surface area contributed by atoms with Crippen molar-refractivity contribution in [2.24, 2.45) is 0 Å². The van der Waals surface area contributed by atoms with Crippen LogP contribution in [0.3, 0.4) is 0 Å². The van der Waals surface area contributed by atoms with Gasteiger partial charge < -0.3 is 0 Å². The molecule has 0 bridgehead atoms. The van der Waals surface area contributed by atoms with Crippen LogP contribution in [0.5, 0.6) is 0 Å². The van der Waals surface area contributed by atoms with Crippen molar-refractivity contribution in [1.29, 1.82) is 0 Å². The van der Waals surface area contributed by atoms with Gasteiger partial charge in [0.2, 0.25) is 0 Å². The molecule has 1 aromatic heterocycles. The summed E-state index contributed by atoms with van der Waals surface area (Å²) in [6.07, 6.45) is 3.09. The lowest BCUT2D eigenvalue weighted by atomic mass is 10.2. The lowest BCUT2D eigenvalue weighted by molar-refractivity contribution is 0.963. The number of rotatable bonds is 2. The molecular weight excluding hydrogens is 226 g/mol. The molecule has 0 amide bonds. The smallest absolute Gasteiger partial charge is 0.163 e. The summed E-state index contributed by atoms with van der Waals surface area (Å²) >= 11 is 6.78. The summed E-state index contributed by atoms with van der Waals surface area (Å²) in [7, 11) is 0. The van der Waals surface area contributed by atoms with Crippen LogP contribution in [-0.2, 0) is 5.75 Å². The predicted molar refractivity (Wildman–Crippen MR) is 65.8 cm³/mol. The molecule has 2 aromatic rings. The molecule has 1 heterocycles. The maximum atomic E-state index is 5.20. The van der Waals surface area contributed by atoms with E-state index >= 15 is 0 Å². The largest absolute Gasteiger partial charge is 0.223 e. The van der Waals surface area contributed by atoms with Crippen molar-refractivity contribution in [2.45, 2.75) is 5.75 Å². The molecular formula is C10H9N3S2. The van der Waals surface area contributed by atoms with Crippen LogP contribution in [0.25, 0.3) is 0 Å². The number of hydrogen-bond donors (Lipinski definition) is 0. The van der Waals surface area contributed by atoms with Gasteiger partial charge in [-0.05, 0) is 5.56 Å². The summed E-state index contributed by atoms with van der Waals surface area (Å²) in [6.45, 7) is 0. The Bertz CT molecular complexity index is 425. The Labute approximate surface area is 97.5 Å². The normalized spacial score (nSPS) is 10.1. The molecule has 0 fully saturated rings. The van der Waals surface area contributed by atoms with Gasteiger partial charge in [0.05, 0.1) is 0 Å². The third-order valence-electron chi connectivity index (χ3n) is 1.81. The van der Waals surface area contributed by atoms with Gasteiger partial charge in [0.25, 0.3) is 0 Å². The van der Waals surface area contributed by atoms with Crippen molar-refractivity contribution in [1.82, 2.24) is 14.8 Å². The highest BCUT2D eigenvalue weighted by molar-refractivity contribution is 8.22. The third-order valence-corrected chi connectivity index (χ3v) is 3.26. The standard InChI is InChI=1S/C10H9N3S2/c14-10(13-8-11-7-12-13)15-6-9-4-2-1-3-5-9/h1-5,7-8H,6H2. The van der Waals surface area contributed by atoms with E-state index in [4.69, 9.17) is 12.2 Å². The van der Waals surface area contributed by atoms with Crippen LogP contribution in [0, 0.1) is 0 Å². The van der Waals surface area contributed by atoms with E-state index in [9.17, 15) is 0 Å². The van der Waals surface area contributed by atoms with E-state index in [2.05, 4.69) is 22.2 Å². The number of benzene rings is 1. The fraction of sp³-hybridized carbons (Fsp3) is 0.100. The summed E-state index contributed by atoms with van der Waals surface area (Å²) in [5.74, 6) is 0.861. The van der Waals surface area contributed by atoms with E-state index in [-0.39, 0.29) is 0 Å². The third kappa shape index (κ3) is 2.87. The van der Waals surface area contributed by atoms with Crippen LogP contribution in [0.2, 0.25) is 0 Å². The first kappa shape index (κ1) is 10.3.